The molecule has 11 atom stereocenters. The van der Waals surface area contributed by atoms with Crippen LogP contribution in [0.5, 0.6) is 0 Å². The third-order valence-corrected chi connectivity index (χ3v) is 11.6. The summed E-state index contributed by atoms with van der Waals surface area (Å²) in [5.74, 6) is -8.48. The monoisotopic (exact) mass is 917 g/mol. The summed E-state index contributed by atoms with van der Waals surface area (Å²) in [4.78, 5) is 120. The fourth-order valence-electron chi connectivity index (χ4n) is 6.53. The molecule has 1 rings (SSSR count). The van der Waals surface area contributed by atoms with E-state index in [1.807, 2.05) is 13.8 Å². The second-order valence-corrected chi connectivity index (χ2v) is 17.5. The van der Waals surface area contributed by atoms with Crippen molar-refractivity contribution in [2.24, 2.45) is 29.4 Å². The molecule has 0 aromatic carbocycles. The van der Waals surface area contributed by atoms with Crippen LogP contribution in [0.1, 0.15) is 94.4 Å². The van der Waals surface area contributed by atoms with E-state index in [0.29, 0.717) is 19.3 Å². The number of nitrogens with two attached hydrogens (primary N) is 1. The Morgan fingerprint density at radius 3 is 1.66 bits per heavy atom. The van der Waals surface area contributed by atoms with E-state index in [9.17, 15) is 53.4 Å². The lowest BCUT2D eigenvalue weighted by Gasteiger charge is -2.32. The Bertz CT molecular complexity index is 1570. The molecule has 0 aliphatic carbocycles. The number of amides is 8. The number of rotatable bonds is 26. The zero-order chi connectivity index (χ0) is 47.6. The van der Waals surface area contributed by atoms with E-state index in [0.717, 1.165) is 0 Å². The Labute approximate surface area is 375 Å². The van der Waals surface area contributed by atoms with Crippen LogP contribution >= 0.6 is 25.3 Å². The third-order valence-electron chi connectivity index (χ3n) is 10.9. The molecule has 0 aromatic rings. The molecule has 62 heavy (non-hydrogen) atoms. The molecule has 22 heteroatoms. The third kappa shape index (κ3) is 17.2. The average molecular weight is 918 g/mol. The van der Waals surface area contributed by atoms with Crippen LogP contribution < -0.4 is 43.0 Å². The maximum Gasteiger partial charge on any atom is 0.327 e. The number of nitrogens with one attached hydrogen (secondary N) is 7. The van der Waals surface area contributed by atoms with Gasteiger partial charge in [0.05, 0.1) is 12.6 Å². The molecule has 1 aliphatic heterocycles. The van der Waals surface area contributed by atoms with Crippen molar-refractivity contribution in [2.75, 3.05) is 24.6 Å². The smallest absolute Gasteiger partial charge is 0.327 e. The van der Waals surface area contributed by atoms with Crippen LogP contribution in [-0.2, 0) is 43.2 Å². The van der Waals surface area contributed by atoms with Crippen LogP contribution in [0.25, 0.3) is 0 Å². The number of hydrogen-bond acceptors (Lipinski definition) is 13. The number of carboxylic acids is 1. The highest BCUT2D eigenvalue weighted by atomic mass is 32.1. The zero-order valence-corrected chi connectivity index (χ0v) is 39.1. The Balaban J connectivity index is 3.11. The lowest BCUT2D eigenvalue weighted by atomic mass is 9.96. The van der Waals surface area contributed by atoms with Gasteiger partial charge in [-0.1, -0.05) is 68.2 Å². The van der Waals surface area contributed by atoms with Gasteiger partial charge in [0.15, 0.2) is 0 Å². The SMILES string of the molecule is CC[C@H](C)[C@H](NC(=O)CNC(=O)[C@H](CC(C)C)NC(=O)[C@@H](N)[C@@H](C)O)C(=O)N[C@H](C(=O)N[C@@H](CS)C(=O)N1CCC[C@H]1C(=O)N[C@H](C(=O)N[C@@H](CS)C(=O)O)[C@@H](C)CC)C(C)C. The molecule has 1 heterocycles. The molecule has 0 bridgehead atoms. The number of carbonyl (C=O) groups excluding carboxylic acids is 8. The molecule has 1 saturated heterocycles. The minimum atomic E-state index is -1.28. The number of hydrogen-bond donors (Lipinski definition) is 12. The summed E-state index contributed by atoms with van der Waals surface area (Å²) >= 11 is 8.29. The van der Waals surface area contributed by atoms with Crippen molar-refractivity contribution >= 4 is 78.5 Å². The van der Waals surface area contributed by atoms with Crippen LogP contribution in [0.2, 0.25) is 0 Å². The number of aliphatic carboxylic acids is 1. The molecule has 1 fully saturated rings. The van der Waals surface area contributed by atoms with Gasteiger partial charge in [0.25, 0.3) is 0 Å². The van der Waals surface area contributed by atoms with Crippen LogP contribution in [0.15, 0.2) is 0 Å². The Morgan fingerprint density at radius 2 is 1.18 bits per heavy atom. The quantitative estimate of drug-likeness (QED) is 0.0439. The maximum absolute atomic E-state index is 13.9. The van der Waals surface area contributed by atoms with Crippen LogP contribution in [0.4, 0.5) is 0 Å². The minimum absolute atomic E-state index is 0.0355. The molecular weight excluding hydrogens is 847 g/mol. The summed E-state index contributed by atoms with van der Waals surface area (Å²) in [5.41, 5.74) is 5.72. The molecule has 1 aliphatic rings. The number of likely N-dealkylation sites (tertiary alicyclic amines) is 1. The highest BCUT2D eigenvalue weighted by molar-refractivity contribution is 7.80. The number of aliphatic hydroxyl groups excluding tert-OH is 1. The fourth-order valence-corrected chi connectivity index (χ4v) is 7.03. The van der Waals surface area contributed by atoms with Crippen LogP contribution in [0.3, 0.4) is 0 Å². The van der Waals surface area contributed by atoms with E-state index in [4.69, 9.17) is 5.73 Å². The van der Waals surface area contributed by atoms with Gasteiger partial charge in [-0.15, -0.1) is 0 Å². The highest BCUT2D eigenvalue weighted by Gasteiger charge is 2.41. The first-order valence-electron chi connectivity index (χ1n) is 21.2. The molecule has 8 amide bonds. The normalized spacial score (nSPS) is 18.7. The van der Waals surface area contributed by atoms with E-state index < -0.39 is 132 Å². The topological polar surface area (TPSA) is 308 Å². The molecule has 0 unspecified atom stereocenters. The van der Waals surface area contributed by atoms with Gasteiger partial charge >= 0.3 is 5.97 Å². The molecule has 354 valence electrons. The second-order valence-electron chi connectivity index (χ2n) is 16.7. The number of carboxylic acid groups (broad SMARTS) is 1. The number of carbonyl (C=O) groups is 9. The average Bonchev–Trinajstić information content (AvgIpc) is 3.72. The predicted molar refractivity (Wildman–Crippen MR) is 238 cm³/mol. The lowest BCUT2D eigenvalue weighted by Crippen LogP contribution is -2.61. The molecule has 11 N–H and O–H groups in total. The van der Waals surface area contributed by atoms with Gasteiger partial charge in [-0.25, -0.2) is 4.79 Å². The first-order valence-corrected chi connectivity index (χ1v) is 22.5. The van der Waals surface area contributed by atoms with Crippen molar-refractivity contribution in [3.63, 3.8) is 0 Å². The van der Waals surface area contributed by atoms with Gasteiger partial charge in [-0.2, -0.15) is 25.3 Å². The van der Waals surface area contributed by atoms with Gasteiger partial charge in [-0.05, 0) is 49.9 Å². The van der Waals surface area contributed by atoms with Crippen LogP contribution in [0, 0.1) is 23.7 Å². The molecule has 0 saturated carbocycles. The van der Waals surface area contributed by atoms with Gasteiger partial charge in [0, 0.05) is 18.1 Å². The summed E-state index contributed by atoms with van der Waals surface area (Å²) in [5, 5.41) is 37.1. The van der Waals surface area contributed by atoms with Crippen molar-refractivity contribution in [1.82, 2.24) is 42.1 Å². The standard InChI is InChI=1S/C40H71N9O11S2/c1-10-21(7)31(46-28(51)16-42-33(52)24(15-19(3)4)43-35(54)29(41)23(9)50)38(57)47-30(20(5)6)36(55)44-25(17-61)39(58)49-14-12-13-27(49)34(53)48-32(22(8)11-2)37(56)45-26(18-62)40(59)60/h19-27,29-32,50,61-62H,10-18,41H2,1-9H3,(H,42,52)(H,43,54)(H,44,55)(H,45,56)(H,46,51)(H,47,57)(H,48,53)(H,59,60)/t21-,22-,23+,24-,25-,26-,27-,29-,30-,31-,32-/m0/s1. The summed E-state index contributed by atoms with van der Waals surface area (Å²) in [6.07, 6.45) is 0.670. The van der Waals surface area contributed by atoms with E-state index in [-0.39, 0.29) is 36.8 Å². The van der Waals surface area contributed by atoms with Crippen molar-refractivity contribution in [2.45, 2.75) is 149 Å². The van der Waals surface area contributed by atoms with E-state index in [1.165, 1.54) is 11.8 Å². The second kappa shape index (κ2) is 27.1. The fraction of sp³-hybridized carbons (Fsp3) is 0.775. The van der Waals surface area contributed by atoms with Gasteiger partial charge < -0.3 is 58.1 Å². The Hall–Kier alpha value is -4.15. The number of thiol groups is 2. The van der Waals surface area contributed by atoms with E-state index in [1.54, 1.807) is 41.5 Å². The van der Waals surface area contributed by atoms with Crippen molar-refractivity contribution in [3.8, 4) is 0 Å². The number of aliphatic hydroxyl groups is 1. The van der Waals surface area contributed by atoms with Gasteiger partial charge in [-0.3, -0.25) is 38.4 Å². The summed E-state index contributed by atoms with van der Waals surface area (Å²) in [6, 6.07) is -9.27. The highest BCUT2D eigenvalue weighted by Crippen LogP contribution is 2.21. The Kier molecular flexibility index (Phi) is 24.4. The van der Waals surface area contributed by atoms with Crippen LogP contribution in [-0.4, -0.2) is 147 Å². The summed E-state index contributed by atoms with van der Waals surface area (Å²) in [7, 11) is 0. The van der Waals surface area contributed by atoms with Gasteiger partial charge in [0.1, 0.15) is 48.3 Å². The zero-order valence-electron chi connectivity index (χ0n) is 37.4. The van der Waals surface area contributed by atoms with E-state index in [2.05, 4.69) is 62.5 Å². The van der Waals surface area contributed by atoms with Crippen molar-refractivity contribution in [3.05, 3.63) is 0 Å². The van der Waals surface area contributed by atoms with Crippen molar-refractivity contribution in [1.29, 1.82) is 0 Å². The van der Waals surface area contributed by atoms with Crippen molar-refractivity contribution < 1.29 is 53.4 Å². The minimum Gasteiger partial charge on any atom is -0.480 e. The molecule has 0 aromatic heterocycles. The molecule has 0 spiro atoms. The lowest BCUT2D eigenvalue weighted by molar-refractivity contribution is -0.143. The first kappa shape index (κ1) is 55.9. The van der Waals surface area contributed by atoms with Gasteiger partial charge in [0.2, 0.25) is 47.3 Å². The first-order chi connectivity index (χ1) is 28.9. The largest absolute Gasteiger partial charge is 0.480 e. The van der Waals surface area contributed by atoms with E-state index >= 15 is 0 Å². The Morgan fingerprint density at radius 1 is 0.677 bits per heavy atom. The summed E-state index contributed by atoms with van der Waals surface area (Å²) in [6.45, 7) is 15.0. The molecule has 0 radical (unpaired) electrons. The predicted octanol–water partition coefficient (Wildman–Crippen LogP) is -1.55. The molecular formula is C40H71N9O11S2. The number of nitrogens with zero attached hydrogens (tertiary/aromatic N) is 1. The molecule has 20 nitrogen and oxygen atoms in total. The maximum atomic E-state index is 13.9. The summed E-state index contributed by atoms with van der Waals surface area (Å²) < 4.78 is 0.